The quantitative estimate of drug-likeness (QED) is 0.249. The van der Waals surface area contributed by atoms with Crippen LogP contribution in [0.1, 0.15) is 32.2 Å². The third-order valence-electron chi connectivity index (χ3n) is 5.51. The van der Waals surface area contributed by atoms with E-state index < -0.39 is 28.9 Å². The Hall–Kier alpha value is -3.92. The number of benzene rings is 3. The van der Waals surface area contributed by atoms with Gasteiger partial charge in [-0.2, -0.15) is 0 Å². The summed E-state index contributed by atoms with van der Waals surface area (Å²) in [5, 5.41) is 11.2. The summed E-state index contributed by atoms with van der Waals surface area (Å²) in [5.41, 5.74) is 0.715. The summed E-state index contributed by atoms with van der Waals surface area (Å²) in [7, 11) is 1.60. The Labute approximate surface area is 217 Å². The SMILES string of the molecule is CCC(Sc1nnc(C(C)Oc2ccc(OC)cc2)n1-c1ccccc1)C(=O)Nc1ccc(F)cc1F. The van der Waals surface area contributed by atoms with Crippen LogP contribution in [0, 0.1) is 11.6 Å². The van der Waals surface area contributed by atoms with E-state index >= 15 is 0 Å². The summed E-state index contributed by atoms with van der Waals surface area (Å²) in [6.07, 6.45) is -0.0357. The zero-order valence-electron chi connectivity index (χ0n) is 20.5. The van der Waals surface area contributed by atoms with Crippen molar-refractivity contribution in [2.45, 2.75) is 36.8 Å². The molecule has 0 aliphatic rings. The molecule has 1 heterocycles. The first-order chi connectivity index (χ1) is 17.9. The number of anilines is 1. The molecule has 192 valence electrons. The van der Waals surface area contributed by atoms with Crippen LogP contribution >= 0.6 is 11.8 Å². The third kappa shape index (κ3) is 6.26. The summed E-state index contributed by atoms with van der Waals surface area (Å²) in [4.78, 5) is 13.0. The third-order valence-corrected chi connectivity index (χ3v) is 6.82. The number of methoxy groups -OCH3 is 1. The summed E-state index contributed by atoms with van der Waals surface area (Å²) in [6.45, 7) is 3.71. The standard InChI is InChI=1S/C27H26F2N4O3S/c1-4-24(26(34)30-23-15-10-18(28)16-22(23)29)37-27-32-31-25(33(27)19-8-6-5-7-9-19)17(2)36-21-13-11-20(35-3)12-14-21/h5-17,24H,4H2,1-3H3,(H,30,34). The Morgan fingerprint density at radius 2 is 1.73 bits per heavy atom. The van der Waals surface area contributed by atoms with Crippen molar-refractivity contribution in [1.29, 1.82) is 0 Å². The second-order valence-corrected chi connectivity index (χ2v) is 9.25. The first-order valence-corrected chi connectivity index (χ1v) is 12.5. The van der Waals surface area contributed by atoms with E-state index in [0.29, 0.717) is 23.2 Å². The second-order valence-electron chi connectivity index (χ2n) is 8.08. The van der Waals surface area contributed by atoms with E-state index in [1.54, 1.807) is 31.4 Å². The van der Waals surface area contributed by atoms with Gasteiger partial charge in [0.2, 0.25) is 5.91 Å². The smallest absolute Gasteiger partial charge is 0.238 e. The number of para-hydroxylation sites is 1. The normalized spacial score (nSPS) is 12.6. The average Bonchev–Trinajstić information content (AvgIpc) is 3.33. The maximum atomic E-state index is 14.1. The lowest BCUT2D eigenvalue weighted by atomic mass is 10.2. The maximum absolute atomic E-state index is 14.1. The fraction of sp³-hybridized carbons (Fsp3) is 0.222. The van der Waals surface area contributed by atoms with Crippen molar-refractivity contribution in [2.75, 3.05) is 12.4 Å². The van der Waals surface area contributed by atoms with Gasteiger partial charge in [-0.15, -0.1) is 10.2 Å². The van der Waals surface area contributed by atoms with Gasteiger partial charge in [0.05, 0.1) is 18.0 Å². The number of ether oxygens (including phenoxy) is 2. The van der Waals surface area contributed by atoms with Crippen LogP contribution in [0.3, 0.4) is 0 Å². The molecule has 0 radical (unpaired) electrons. The fourth-order valence-electron chi connectivity index (χ4n) is 3.61. The van der Waals surface area contributed by atoms with Crippen LogP contribution < -0.4 is 14.8 Å². The molecule has 1 aromatic heterocycles. The highest BCUT2D eigenvalue weighted by Crippen LogP contribution is 2.32. The van der Waals surface area contributed by atoms with E-state index in [-0.39, 0.29) is 5.69 Å². The fourth-order valence-corrected chi connectivity index (χ4v) is 4.58. The van der Waals surface area contributed by atoms with Gasteiger partial charge >= 0.3 is 0 Å². The molecule has 0 aliphatic carbocycles. The number of nitrogens with one attached hydrogen (secondary N) is 1. The van der Waals surface area contributed by atoms with Gasteiger partial charge in [-0.3, -0.25) is 9.36 Å². The van der Waals surface area contributed by atoms with Crippen molar-refractivity contribution in [3.05, 3.63) is 90.3 Å². The molecule has 1 amide bonds. The molecule has 0 saturated heterocycles. The largest absolute Gasteiger partial charge is 0.497 e. The molecule has 4 rings (SSSR count). The van der Waals surface area contributed by atoms with Gasteiger partial charge in [0.1, 0.15) is 23.1 Å². The number of thioether (sulfide) groups is 1. The molecule has 2 unspecified atom stereocenters. The van der Waals surface area contributed by atoms with E-state index in [1.165, 1.54) is 17.8 Å². The molecule has 3 aromatic carbocycles. The van der Waals surface area contributed by atoms with Crippen LogP contribution in [0.2, 0.25) is 0 Å². The van der Waals surface area contributed by atoms with Gasteiger partial charge in [-0.1, -0.05) is 36.9 Å². The van der Waals surface area contributed by atoms with Crippen LogP contribution in [0.5, 0.6) is 11.5 Å². The zero-order chi connectivity index (χ0) is 26.4. The van der Waals surface area contributed by atoms with Crippen molar-refractivity contribution in [3.63, 3.8) is 0 Å². The number of carbonyl (C=O) groups excluding carboxylic acids is 1. The van der Waals surface area contributed by atoms with Crippen molar-refractivity contribution in [1.82, 2.24) is 14.8 Å². The topological polar surface area (TPSA) is 78.3 Å². The van der Waals surface area contributed by atoms with Crippen molar-refractivity contribution < 1.29 is 23.0 Å². The number of hydrogen-bond acceptors (Lipinski definition) is 6. The number of halogens is 2. The number of amides is 1. The Bertz CT molecular complexity index is 1350. The molecular formula is C27H26F2N4O3S. The van der Waals surface area contributed by atoms with Crippen molar-refractivity contribution in [3.8, 4) is 17.2 Å². The van der Waals surface area contributed by atoms with Gasteiger partial charge in [0, 0.05) is 11.8 Å². The van der Waals surface area contributed by atoms with Gasteiger partial charge < -0.3 is 14.8 Å². The van der Waals surface area contributed by atoms with E-state index in [4.69, 9.17) is 9.47 Å². The molecule has 0 fully saturated rings. The minimum Gasteiger partial charge on any atom is -0.497 e. The van der Waals surface area contributed by atoms with Crippen LogP contribution in [0.15, 0.2) is 78.0 Å². The molecule has 1 N–H and O–H groups in total. The predicted molar refractivity (Wildman–Crippen MR) is 138 cm³/mol. The second kappa shape index (κ2) is 11.9. The molecule has 0 spiro atoms. The monoisotopic (exact) mass is 524 g/mol. The summed E-state index contributed by atoms with van der Waals surface area (Å²) in [6, 6.07) is 19.7. The number of hydrogen-bond donors (Lipinski definition) is 1. The van der Waals surface area contributed by atoms with Gasteiger partial charge in [0.25, 0.3) is 0 Å². The first kappa shape index (κ1) is 26.2. The highest BCUT2D eigenvalue weighted by molar-refractivity contribution is 8.00. The summed E-state index contributed by atoms with van der Waals surface area (Å²) < 4.78 is 40.5. The van der Waals surface area contributed by atoms with Crippen LogP contribution in [-0.2, 0) is 4.79 Å². The molecule has 0 saturated carbocycles. The van der Waals surface area contributed by atoms with Gasteiger partial charge in [0.15, 0.2) is 17.1 Å². The summed E-state index contributed by atoms with van der Waals surface area (Å²) in [5.74, 6) is -0.0827. The highest BCUT2D eigenvalue weighted by Gasteiger charge is 2.26. The van der Waals surface area contributed by atoms with Gasteiger partial charge in [-0.05, 0) is 61.9 Å². The average molecular weight is 525 g/mol. The molecule has 10 heteroatoms. The van der Waals surface area contributed by atoms with E-state index in [1.807, 2.05) is 48.7 Å². The zero-order valence-corrected chi connectivity index (χ0v) is 21.3. The molecule has 37 heavy (non-hydrogen) atoms. The van der Waals surface area contributed by atoms with E-state index in [9.17, 15) is 13.6 Å². The van der Waals surface area contributed by atoms with Crippen molar-refractivity contribution in [2.24, 2.45) is 0 Å². The molecule has 0 aliphatic heterocycles. The van der Waals surface area contributed by atoms with E-state index in [0.717, 1.165) is 23.6 Å². The van der Waals surface area contributed by atoms with Crippen molar-refractivity contribution >= 4 is 23.4 Å². The Morgan fingerprint density at radius 1 is 1.03 bits per heavy atom. The van der Waals surface area contributed by atoms with Crippen LogP contribution in [0.4, 0.5) is 14.5 Å². The molecule has 0 bridgehead atoms. The minimum atomic E-state index is -0.840. The lowest BCUT2D eigenvalue weighted by Crippen LogP contribution is -2.25. The van der Waals surface area contributed by atoms with Gasteiger partial charge in [-0.25, -0.2) is 8.78 Å². The lowest BCUT2D eigenvalue weighted by Gasteiger charge is -2.18. The molecule has 2 atom stereocenters. The van der Waals surface area contributed by atoms with E-state index in [2.05, 4.69) is 15.5 Å². The number of aromatic nitrogens is 3. The number of rotatable bonds is 10. The Kier molecular flexibility index (Phi) is 8.39. The number of carbonyl (C=O) groups is 1. The molecular weight excluding hydrogens is 498 g/mol. The van der Waals surface area contributed by atoms with Crippen LogP contribution in [0.25, 0.3) is 5.69 Å². The summed E-state index contributed by atoms with van der Waals surface area (Å²) >= 11 is 1.20. The highest BCUT2D eigenvalue weighted by atomic mass is 32.2. The van der Waals surface area contributed by atoms with Crippen LogP contribution in [-0.4, -0.2) is 33.0 Å². The first-order valence-electron chi connectivity index (χ1n) is 11.6. The molecule has 7 nitrogen and oxygen atoms in total. The Balaban J connectivity index is 1.60. The minimum absolute atomic E-state index is 0.0859. The number of nitrogens with zero attached hydrogens (tertiary/aromatic N) is 3. The molecule has 4 aromatic rings. The Morgan fingerprint density at radius 3 is 2.38 bits per heavy atom. The maximum Gasteiger partial charge on any atom is 0.238 e. The lowest BCUT2D eigenvalue weighted by molar-refractivity contribution is -0.115. The predicted octanol–water partition coefficient (Wildman–Crippen LogP) is 6.20.